The molecule has 8 nitrogen and oxygen atoms in total. The highest BCUT2D eigenvalue weighted by atomic mass is 79.9. The van der Waals surface area contributed by atoms with Gasteiger partial charge < -0.3 is 14.8 Å². The van der Waals surface area contributed by atoms with Gasteiger partial charge in [0.05, 0.1) is 17.5 Å². The maximum absolute atomic E-state index is 11.8. The molecule has 1 aromatic carbocycles. The standard InChI is InChI=1S/C17H22BrN3O5S/c1-3-8-25-16(24)7-6-14(22)19-17(27)21-20-15(23)10-26-13-5-4-11(2)9-12(13)18/h4-5,9H,3,6-8,10H2,1-2H3,(H,20,23)(H2,19,21,22,27). The van der Waals surface area contributed by atoms with Crippen LogP contribution in [0.1, 0.15) is 31.7 Å². The summed E-state index contributed by atoms with van der Waals surface area (Å²) in [6.45, 7) is 3.90. The van der Waals surface area contributed by atoms with E-state index in [1.807, 2.05) is 26.0 Å². The van der Waals surface area contributed by atoms with Gasteiger partial charge in [0.15, 0.2) is 11.7 Å². The minimum Gasteiger partial charge on any atom is -0.483 e. The molecule has 0 bridgehead atoms. The highest BCUT2D eigenvalue weighted by Gasteiger charge is 2.10. The normalized spacial score (nSPS) is 9.89. The van der Waals surface area contributed by atoms with Gasteiger partial charge in [-0.15, -0.1) is 0 Å². The van der Waals surface area contributed by atoms with E-state index < -0.39 is 17.8 Å². The van der Waals surface area contributed by atoms with Crippen LogP contribution in [-0.4, -0.2) is 36.1 Å². The number of halogens is 1. The first-order chi connectivity index (χ1) is 12.8. The van der Waals surface area contributed by atoms with Gasteiger partial charge in [0.25, 0.3) is 5.91 Å². The number of amides is 2. The number of ether oxygens (including phenoxy) is 2. The molecule has 0 heterocycles. The van der Waals surface area contributed by atoms with Crippen molar-refractivity contribution in [2.45, 2.75) is 33.1 Å². The quantitative estimate of drug-likeness (QED) is 0.309. The molecule has 0 saturated heterocycles. The summed E-state index contributed by atoms with van der Waals surface area (Å²) in [5.41, 5.74) is 5.75. The van der Waals surface area contributed by atoms with Crippen LogP contribution in [0.5, 0.6) is 5.75 Å². The number of thiocarbonyl (C=S) groups is 1. The maximum atomic E-state index is 11.8. The summed E-state index contributed by atoms with van der Waals surface area (Å²) in [5, 5.41) is 2.26. The third-order valence-corrected chi connectivity index (χ3v) is 3.86. The molecule has 1 rings (SSSR count). The second kappa shape index (κ2) is 12.2. The highest BCUT2D eigenvalue weighted by molar-refractivity contribution is 9.10. The van der Waals surface area contributed by atoms with Crippen LogP contribution >= 0.6 is 28.1 Å². The van der Waals surface area contributed by atoms with Gasteiger partial charge in [-0.2, -0.15) is 0 Å². The Morgan fingerprint density at radius 3 is 2.56 bits per heavy atom. The fraction of sp³-hybridized carbons (Fsp3) is 0.412. The number of hydrogen-bond donors (Lipinski definition) is 3. The van der Waals surface area contributed by atoms with Crippen LogP contribution in [0, 0.1) is 6.92 Å². The van der Waals surface area contributed by atoms with E-state index in [0.717, 1.165) is 16.5 Å². The molecule has 10 heteroatoms. The summed E-state index contributed by atoms with van der Waals surface area (Å²) in [4.78, 5) is 34.7. The van der Waals surface area contributed by atoms with Crippen LogP contribution in [-0.2, 0) is 19.1 Å². The Bertz CT molecular complexity index is 699. The van der Waals surface area contributed by atoms with Crippen LogP contribution in [0.15, 0.2) is 22.7 Å². The zero-order valence-electron chi connectivity index (χ0n) is 15.1. The van der Waals surface area contributed by atoms with Crippen molar-refractivity contribution in [2.24, 2.45) is 0 Å². The molecule has 0 aliphatic carbocycles. The number of benzene rings is 1. The van der Waals surface area contributed by atoms with Crippen LogP contribution < -0.4 is 20.9 Å². The second-order valence-electron chi connectivity index (χ2n) is 5.49. The molecule has 2 amide bonds. The van der Waals surface area contributed by atoms with E-state index in [-0.39, 0.29) is 24.6 Å². The molecule has 0 aliphatic rings. The maximum Gasteiger partial charge on any atom is 0.306 e. The Morgan fingerprint density at radius 1 is 1.15 bits per heavy atom. The molecular formula is C17H22BrN3O5S. The first-order valence-electron chi connectivity index (χ1n) is 8.25. The molecule has 0 aliphatic heterocycles. The molecule has 3 N–H and O–H groups in total. The minimum absolute atomic E-state index is 0.0416. The molecule has 1 aromatic rings. The smallest absolute Gasteiger partial charge is 0.306 e. The predicted octanol–water partition coefficient (Wildman–Crippen LogP) is 1.89. The van der Waals surface area contributed by atoms with E-state index in [2.05, 4.69) is 32.1 Å². The highest BCUT2D eigenvalue weighted by Crippen LogP contribution is 2.25. The lowest BCUT2D eigenvalue weighted by molar-refractivity contribution is -0.144. The van der Waals surface area contributed by atoms with Crippen molar-refractivity contribution >= 4 is 51.0 Å². The first-order valence-corrected chi connectivity index (χ1v) is 9.45. The van der Waals surface area contributed by atoms with Crippen molar-refractivity contribution in [1.29, 1.82) is 0 Å². The van der Waals surface area contributed by atoms with Crippen LogP contribution in [0.2, 0.25) is 0 Å². The molecule has 27 heavy (non-hydrogen) atoms. The van der Waals surface area contributed by atoms with Crippen molar-refractivity contribution in [3.8, 4) is 5.75 Å². The van der Waals surface area contributed by atoms with E-state index in [1.54, 1.807) is 6.07 Å². The van der Waals surface area contributed by atoms with Gasteiger partial charge in [0.1, 0.15) is 5.75 Å². The van der Waals surface area contributed by atoms with Crippen molar-refractivity contribution in [2.75, 3.05) is 13.2 Å². The lowest BCUT2D eigenvalue weighted by Crippen LogP contribution is -2.49. The molecule has 0 radical (unpaired) electrons. The Kier molecular flexibility index (Phi) is 10.3. The number of esters is 1. The Balaban J connectivity index is 2.23. The van der Waals surface area contributed by atoms with Crippen molar-refractivity contribution in [3.63, 3.8) is 0 Å². The predicted molar refractivity (Wildman–Crippen MR) is 107 cm³/mol. The third-order valence-electron chi connectivity index (χ3n) is 3.04. The zero-order valence-corrected chi connectivity index (χ0v) is 17.5. The summed E-state index contributed by atoms with van der Waals surface area (Å²) >= 11 is 8.24. The second-order valence-corrected chi connectivity index (χ2v) is 6.76. The zero-order chi connectivity index (χ0) is 20.2. The van der Waals surface area contributed by atoms with Crippen LogP contribution in [0.4, 0.5) is 0 Å². The first kappa shape index (κ1) is 22.8. The summed E-state index contributed by atoms with van der Waals surface area (Å²) < 4.78 is 11.0. The molecular weight excluding hydrogens is 438 g/mol. The summed E-state index contributed by atoms with van der Waals surface area (Å²) in [6.07, 6.45) is 0.610. The fourth-order valence-corrected chi connectivity index (χ4v) is 2.53. The average molecular weight is 460 g/mol. The molecule has 0 aromatic heterocycles. The van der Waals surface area contributed by atoms with E-state index in [0.29, 0.717) is 12.4 Å². The van der Waals surface area contributed by atoms with Gasteiger partial charge in [0, 0.05) is 6.42 Å². The molecule has 0 atom stereocenters. The summed E-state index contributed by atoms with van der Waals surface area (Å²) in [7, 11) is 0. The SMILES string of the molecule is CCCOC(=O)CCC(=O)NC(=S)NNC(=O)COc1ccc(C)cc1Br. The van der Waals surface area contributed by atoms with E-state index in [4.69, 9.17) is 21.7 Å². The third kappa shape index (κ3) is 9.90. The Morgan fingerprint density at radius 2 is 1.89 bits per heavy atom. The van der Waals surface area contributed by atoms with Crippen LogP contribution in [0.3, 0.4) is 0 Å². The summed E-state index contributed by atoms with van der Waals surface area (Å²) in [6, 6.07) is 5.48. The largest absolute Gasteiger partial charge is 0.483 e. The Hall–Kier alpha value is -2.20. The van der Waals surface area contributed by atoms with Gasteiger partial charge >= 0.3 is 5.97 Å². The van der Waals surface area contributed by atoms with Crippen LogP contribution in [0.25, 0.3) is 0 Å². The van der Waals surface area contributed by atoms with Gasteiger partial charge in [-0.3, -0.25) is 25.2 Å². The minimum atomic E-state index is -0.484. The fourth-order valence-electron chi connectivity index (χ4n) is 1.75. The van der Waals surface area contributed by atoms with Gasteiger partial charge in [0.2, 0.25) is 5.91 Å². The molecule has 148 valence electrons. The number of hydrogen-bond acceptors (Lipinski definition) is 6. The van der Waals surface area contributed by atoms with E-state index >= 15 is 0 Å². The topological polar surface area (TPSA) is 106 Å². The molecule has 0 unspecified atom stereocenters. The Labute approximate surface area is 171 Å². The number of nitrogens with one attached hydrogen (secondary N) is 3. The van der Waals surface area contributed by atoms with Crippen molar-refractivity contribution in [3.05, 3.63) is 28.2 Å². The average Bonchev–Trinajstić information content (AvgIpc) is 2.62. The van der Waals surface area contributed by atoms with E-state index in [1.165, 1.54) is 0 Å². The summed E-state index contributed by atoms with van der Waals surface area (Å²) in [5.74, 6) is -0.863. The van der Waals surface area contributed by atoms with Gasteiger partial charge in [-0.1, -0.05) is 13.0 Å². The lowest BCUT2D eigenvalue weighted by Gasteiger charge is -2.12. The number of carbonyl (C=O) groups is 3. The number of aryl methyl sites for hydroxylation is 1. The van der Waals surface area contributed by atoms with Crippen molar-refractivity contribution < 1.29 is 23.9 Å². The monoisotopic (exact) mass is 459 g/mol. The van der Waals surface area contributed by atoms with Gasteiger partial charge in [-0.25, -0.2) is 0 Å². The number of hydrazine groups is 1. The van der Waals surface area contributed by atoms with Gasteiger partial charge in [-0.05, 0) is 59.2 Å². The van der Waals surface area contributed by atoms with E-state index in [9.17, 15) is 14.4 Å². The molecule has 0 fully saturated rings. The lowest BCUT2D eigenvalue weighted by atomic mass is 10.2. The molecule has 0 spiro atoms. The number of rotatable bonds is 8. The molecule has 0 saturated carbocycles. The van der Waals surface area contributed by atoms with Crippen molar-refractivity contribution in [1.82, 2.24) is 16.2 Å². The number of carbonyl (C=O) groups excluding carboxylic acids is 3.